The highest BCUT2D eigenvalue weighted by Gasteiger charge is 2.22. The molecule has 0 aromatic heterocycles. The second-order valence-corrected chi connectivity index (χ2v) is 6.89. The van der Waals surface area contributed by atoms with Crippen molar-refractivity contribution in [3.63, 3.8) is 0 Å². The Kier molecular flexibility index (Phi) is 7.17. The second kappa shape index (κ2) is 10.2. The number of benzene rings is 3. The van der Waals surface area contributed by atoms with Crippen molar-refractivity contribution < 1.29 is 14.5 Å². The molecule has 0 radical (unpaired) electrons. The fourth-order valence-electron chi connectivity index (χ4n) is 3.20. The number of nitro groups is 1. The van der Waals surface area contributed by atoms with Crippen LogP contribution in [0.1, 0.15) is 28.4 Å². The molecule has 0 unspecified atom stereocenters. The maximum atomic E-state index is 13.4. The third kappa shape index (κ3) is 5.36. The van der Waals surface area contributed by atoms with Crippen molar-refractivity contribution in [3.8, 4) is 5.75 Å². The highest BCUT2D eigenvalue weighted by molar-refractivity contribution is 6.07. The molecule has 3 rings (SSSR count). The van der Waals surface area contributed by atoms with E-state index in [4.69, 9.17) is 4.74 Å². The Morgan fingerprint density at radius 1 is 1.06 bits per heavy atom. The topological polar surface area (TPSA) is 72.7 Å². The number of ether oxygens (including phenoxy) is 1. The highest BCUT2D eigenvalue weighted by Crippen LogP contribution is 2.30. The minimum atomic E-state index is -0.472. The molecule has 0 atom stereocenters. The molecule has 1 amide bonds. The Morgan fingerprint density at radius 2 is 1.77 bits per heavy atom. The first-order chi connectivity index (χ1) is 15.0. The summed E-state index contributed by atoms with van der Waals surface area (Å²) in [6, 6.07) is 21.6. The molecule has 3 aromatic rings. The molecule has 0 aliphatic carbocycles. The molecule has 158 valence electrons. The molecule has 3 aromatic carbocycles. The smallest absolute Gasteiger partial charge is 0.273 e. The Balaban J connectivity index is 1.99. The monoisotopic (exact) mass is 416 g/mol. The molecule has 0 aliphatic rings. The lowest BCUT2D eigenvalue weighted by Crippen LogP contribution is -2.31. The largest absolute Gasteiger partial charge is 0.492 e. The minimum absolute atomic E-state index is 0.0799. The first-order valence-corrected chi connectivity index (χ1v) is 10.0. The Bertz CT molecular complexity index is 1090. The van der Waals surface area contributed by atoms with Crippen LogP contribution in [0, 0.1) is 17.0 Å². The van der Waals surface area contributed by atoms with Gasteiger partial charge in [-0.3, -0.25) is 14.9 Å². The lowest BCUT2D eigenvalue weighted by atomic mass is 10.1. The van der Waals surface area contributed by atoms with Gasteiger partial charge >= 0.3 is 0 Å². The normalized spacial score (nSPS) is 10.8. The molecule has 6 nitrogen and oxygen atoms in total. The summed E-state index contributed by atoms with van der Waals surface area (Å²) >= 11 is 0. The average molecular weight is 416 g/mol. The van der Waals surface area contributed by atoms with Crippen LogP contribution in [0.3, 0.4) is 0 Å². The Hall–Kier alpha value is -3.93. The number of carbonyl (C=O) groups is 1. The van der Waals surface area contributed by atoms with Gasteiger partial charge in [0.05, 0.1) is 17.2 Å². The van der Waals surface area contributed by atoms with Gasteiger partial charge in [-0.1, -0.05) is 60.7 Å². The standard InChI is InChI=1S/C25H24N2O4/c1-3-31-24-14-8-7-13-22(24)26(17-9-12-20-10-5-4-6-11-20)25(28)21-16-15-19(2)23(18-21)27(29)30/h4-16,18H,3,17H2,1-2H3/b12-9+. The van der Waals surface area contributed by atoms with Gasteiger partial charge in [-0.15, -0.1) is 0 Å². The first kappa shape index (κ1) is 21.8. The van der Waals surface area contributed by atoms with Crippen molar-refractivity contribution in [2.24, 2.45) is 0 Å². The molecular weight excluding hydrogens is 392 g/mol. The molecule has 0 heterocycles. The minimum Gasteiger partial charge on any atom is -0.492 e. The van der Waals surface area contributed by atoms with E-state index in [-0.39, 0.29) is 23.7 Å². The van der Waals surface area contributed by atoms with Gasteiger partial charge in [0.25, 0.3) is 11.6 Å². The fourth-order valence-corrected chi connectivity index (χ4v) is 3.20. The maximum absolute atomic E-state index is 13.4. The van der Waals surface area contributed by atoms with E-state index >= 15 is 0 Å². The number of nitro benzene ring substituents is 1. The van der Waals surface area contributed by atoms with Crippen molar-refractivity contribution >= 4 is 23.4 Å². The molecule has 0 aliphatic heterocycles. The van der Waals surface area contributed by atoms with Gasteiger partial charge in [-0.25, -0.2) is 0 Å². The lowest BCUT2D eigenvalue weighted by molar-refractivity contribution is -0.385. The molecular formula is C25H24N2O4. The number of amides is 1. The molecule has 0 spiro atoms. The van der Waals surface area contributed by atoms with E-state index in [0.29, 0.717) is 23.6 Å². The summed E-state index contributed by atoms with van der Waals surface area (Å²) in [7, 11) is 0. The average Bonchev–Trinajstić information content (AvgIpc) is 2.78. The number of carbonyl (C=O) groups excluding carboxylic acids is 1. The molecule has 0 N–H and O–H groups in total. The van der Waals surface area contributed by atoms with Crippen LogP contribution in [0.4, 0.5) is 11.4 Å². The SMILES string of the molecule is CCOc1ccccc1N(C/C=C/c1ccccc1)C(=O)c1ccc(C)c([N+](=O)[O-])c1. The van der Waals surface area contributed by atoms with Gasteiger partial charge < -0.3 is 9.64 Å². The number of hydrogen-bond donors (Lipinski definition) is 0. The first-order valence-electron chi connectivity index (χ1n) is 10.0. The number of nitrogens with zero attached hydrogens (tertiary/aromatic N) is 2. The number of aryl methyl sites for hydroxylation is 1. The van der Waals surface area contributed by atoms with Gasteiger partial charge in [-0.05, 0) is 37.6 Å². The summed E-state index contributed by atoms with van der Waals surface area (Å²) in [5.74, 6) is 0.237. The van der Waals surface area contributed by atoms with E-state index < -0.39 is 4.92 Å². The predicted octanol–water partition coefficient (Wildman–Crippen LogP) is 5.66. The maximum Gasteiger partial charge on any atom is 0.273 e. The molecule has 0 saturated carbocycles. The quantitative estimate of drug-likeness (QED) is 0.351. The van der Waals surface area contributed by atoms with Crippen molar-refractivity contribution in [1.29, 1.82) is 0 Å². The van der Waals surface area contributed by atoms with E-state index in [1.54, 1.807) is 30.0 Å². The van der Waals surface area contributed by atoms with E-state index in [9.17, 15) is 14.9 Å². The number of hydrogen-bond acceptors (Lipinski definition) is 4. The predicted molar refractivity (Wildman–Crippen MR) is 123 cm³/mol. The zero-order valence-electron chi connectivity index (χ0n) is 17.5. The Labute approximate surface area is 181 Å². The van der Waals surface area contributed by atoms with Crippen molar-refractivity contribution in [3.05, 3.63) is 106 Å². The van der Waals surface area contributed by atoms with Gasteiger partial charge in [-0.2, -0.15) is 0 Å². The third-order valence-electron chi connectivity index (χ3n) is 4.75. The zero-order chi connectivity index (χ0) is 22.2. The van der Waals surface area contributed by atoms with Crippen LogP contribution in [-0.4, -0.2) is 24.0 Å². The van der Waals surface area contributed by atoms with Crippen molar-refractivity contribution in [2.45, 2.75) is 13.8 Å². The zero-order valence-corrected chi connectivity index (χ0v) is 17.5. The number of para-hydroxylation sites is 2. The van der Waals surface area contributed by atoms with E-state index in [0.717, 1.165) is 5.56 Å². The molecule has 0 bridgehead atoms. The summed E-state index contributed by atoms with van der Waals surface area (Å²) in [6.07, 6.45) is 3.82. The van der Waals surface area contributed by atoms with Crippen LogP contribution < -0.4 is 9.64 Å². The molecule has 0 saturated heterocycles. The van der Waals surface area contributed by atoms with Crippen LogP contribution in [-0.2, 0) is 0 Å². The van der Waals surface area contributed by atoms with Crippen LogP contribution in [0.25, 0.3) is 6.08 Å². The van der Waals surface area contributed by atoms with Crippen LogP contribution >= 0.6 is 0 Å². The van der Waals surface area contributed by atoms with Crippen LogP contribution in [0.15, 0.2) is 78.9 Å². The van der Waals surface area contributed by atoms with Crippen molar-refractivity contribution in [1.82, 2.24) is 0 Å². The summed E-state index contributed by atoms with van der Waals surface area (Å²) in [5.41, 5.74) is 2.29. The van der Waals surface area contributed by atoms with E-state index in [2.05, 4.69) is 0 Å². The summed E-state index contributed by atoms with van der Waals surface area (Å²) in [6.45, 7) is 4.26. The van der Waals surface area contributed by atoms with E-state index in [1.165, 1.54) is 6.07 Å². The summed E-state index contributed by atoms with van der Waals surface area (Å²) < 4.78 is 5.72. The van der Waals surface area contributed by atoms with Crippen LogP contribution in [0.2, 0.25) is 0 Å². The summed E-state index contributed by atoms with van der Waals surface area (Å²) in [4.78, 5) is 25.9. The number of anilines is 1. The van der Waals surface area contributed by atoms with E-state index in [1.807, 2.05) is 67.6 Å². The van der Waals surface area contributed by atoms with Gasteiger partial charge in [0.1, 0.15) is 5.75 Å². The molecule has 31 heavy (non-hydrogen) atoms. The number of rotatable bonds is 8. The van der Waals surface area contributed by atoms with Crippen molar-refractivity contribution in [2.75, 3.05) is 18.1 Å². The fraction of sp³-hybridized carbons (Fsp3) is 0.160. The lowest BCUT2D eigenvalue weighted by Gasteiger charge is -2.24. The van der Waals surface area contributed by atoms with Gasteiger partial charge in [0.15, 0.2) is 0 Å². The second-order valence-electron chi connectivity index (χ2n) is 6.89. The van der Waals surface area contributed by atoms with Crippen LogP contribution in [0.5, 0.6) is 5.75 Å². The summed E-state index contributed by atoms with van der Waals surface area (Å²) in [5, 5.41) is 11.4. The Morgan fingerprint density at radius 3 is 2.48 bits per heavy atom. The third-order valence-corrected chi connectivity index (χ3v) is 4.75. The highest BCUT2D eigenvalue weighted by atomic mass is 16.6. The van der Waals surface area contributed by atoms with Gasteiger partial charge in [0.2, 0.25) is 0 Å². The molecule has 0 fully saturated rings. The molecule has 6 heteroatoms. The van der Waals surface area contributed by atoms with Gasteiger partial charge in [0, 0.05) is 23.7 Å².